The molecule has 4 heteroatoms. The fourth-order valence-electron chi connectivity index (χ4n) is 1.83. The van der Waals surface area contributed by atoms with Crippen molar-refractivity contribution in [1.29, 1.82) is 0 Å². The Morgan fingerprint density at radius 3 is 2.53 bits per heavy atom. The molecule has 0 radical (unpaired) electrons. The van der Waals surface area contributed by atoms with Gasteiger partial charge in [0.15, 0.2) is 0 Å². The van der Waals surface area contributed by atoms with Crippen LogP contribution in [0.25, 0.3) is 0 Å². The van der Waals surface area contributed by atoms with Gasteiger partial charge in [-0.3, -0.25) is 0 Å². The number of nitrogens with one attached hydrogen (secondary N) is 1. The molecule has 1 N–H and O–H groups in total. The summed E-state index contributed by atoms with van der Waals surface area (Å²) in [5.74, 6) is 0. The normalized spacial score (nSPS) is 12.4. The zero-order valence-corrected chi connectivity index (χ0v) is 12.4. The van der Waals surface area contributed by atoms with E-state index in [0.717, 1.165) is 24.4 Å². The zero-order chi connectivity index (χ0) is 12.9. The molecule has 17 heavy (non-hydrogen) atoms. The van der Waals surface area contributed by atoms with Gasteiger partial charge in [0.2, 0.25) is 0 Å². The first-order valence-corrected chi connectivity index (χ1v) is 7.13. The number of hydrogen-bond acceptors (Lipinski definition) is 4. The second-order valence-corrected chi connectivity index (χ2v) is 5.69. The van der Waals surface area contributed by atoms with Crippen LogP contribution in [-0.2, 0) is 16.9 Å². The van der Waals surface area contributed by atoms with Crippen molar-refractivity contribution in [3.8, 4) is 0 Å². The molecule has 0 fully saturated rings. The Morgan fingerprint density at radius 1 is 1.41 bits per heavy atom. The summed E-state index contributed by atoms with van der Waals surface area (Å²) in [6.45, 7) is 9.50. The van der Waals surface area contributed by atoms with E-state index in [2.05, 4.69) is 38.0 Å². The van der Waals surface area contributed by atoms with Crippen LogP contribution in [0.4, 0.5) is 0 Å². The highest BCUT2D eigenvalue weighted by Crippen LogP contribution is 2.34. The lowest BCUT2D eigenvalue weighted by molar-refractivity contribution is -0.0218. The first-order valence-electron chi connectivity index (χ1n) is 6.31. The Hall–Kier alpha value is -0.450. The molecule has 0 bridgehead atoms. The van der Waals surface area contributed by atoms with Crippen molar-refractivity contribution in [2.45, 2.75) is 58.7 Å². The quantitative estimate of drug-likeness (QED) is 0.812. The lowest BCUT2D eigenvalue weighted by Crippen LogP contribution is -2.26. The van der Waals surface area contributed by atoms with Gasteiger partial charge in [0, 0.05) is 30.8 Å². The van der Waals surface area contributed by atoms with E-state index in [-0.39, 0.29) is 5.60 Å². The molecule has 0 aliphatic rings. The van der Waals surface area contributed by atoms with E-state index in [1.54, 1.807) is 18.4 Å². The third-order valence-corrected chi connectivity index (χ3v) is 4.34. The van der Waals surface area contributed by atoms with Crippen molar-refractivity contribution in [3.63, 3.8) is 0 Å². The van der Waals surface area contributed by atoms with Gasteiger partial charge >= 0.3 is 0 Å². The summed E-state index contributed by atoms with van der Waals surface area (Å²) in [6.07, 6.45) is 3.89. The van der Waals surface area contributed by atoms with Crippen LogP contribution in [0.15, 0.2) is 6.20 Å². The minimum atomic E-state index is -0.194. The minimum Gasteiger partial charge on any atom is -0.371 e. The SMILES string of the molecule is CCC(CC)(OC)c1ncc(CNC(C)C)s1. The van der Waals surface area contributed by atoms with E-state index in [0.29, 0.717) is 6.04 Å². The molecule has 3 nitrogen and oxygen atoms in total. The van der Waals surface area contributed by atoms with Crippen LogP contribution in [0.3, 0.4) is 0 Å². The number of aromatic nitrogens is 1. The van der Waals surface area contributed by atoms with Crippen LogP contribution in [0.5, 0.6) is 0 Å². The number of nitrogens with zero attached hydrogens (tertiary/aromatic N) is 1. The molecule has 0 atom stereocenters. The zero-order valence-electron chi connectivity index (χ0n) is 11.5. The van der Waals surface area contributed by atoms with Crippen LogP contribution in [-0.4, -0.2) is 18.1 Å². The molecule has 0 saturated carbocycles. The number of hydrogen-bond donors (Lipinski definition) is 1. The predicted octanol–water partition coefficient (Wildman–Crippen LogP) is 3.30. The second kappa shape index (κ2) is 6.47. The van der Waals surface area contributed by atoms with Gasteiger partial charge in [-0.05, 0) is 12.8 Å². The van der Waals surface area contributed by atoms with Crippen LogP contribution in [0.2, 0.25) is 0 Å². The van der Waals surface area contributed by atoms with Gasteiger partial charge in [-0.1, -0.05) is 27.7 Å². The molecule has 0 aliphatic heterocycles. The standard InChI is InChI=1S/C13H24N2OS/c1-6-13(7-2,16-5)12-15-9-11(17-12)8-14-10(3)4/h9-10,14H,6-8H2,1-5H3. The van der Waals surface area contributed by atoms with E-state index >= 15 is 0 Å². The number of methoxy groups -OCH3 is 1. The maximum absolute atomic E-state index is 5.69. The van der Waals surface area contributed by atoms with E-state index < -0.39 is 0 Å². The van der Waals surface area contributed by atoms with Crippen molar-refractivity contribution in [1.82, 2.24) is 10.3 Å². The molecule has 1 rings (SSSR count). The summed E-state index contributed by atoms with van der Waals surface area (Å²) in [5, 5.41) is 4.51. The van der Waals surface area contributed by atoms with Gasteiger partial charge in [-0.2, -0.15) is 0 Å². The topological polar surface area (TPSA) is 34.1 Å². The van der Waals surface area contributed by atoms with Gasteiger partial charge in [-0.25, -0.2) is 4.98 Å². The van der Waals surface area contributed by atoms with E-state index in [4.69, 9.17) is 4.74 Å². The highest BCUT2D eigenvalue weighted by molar-refractivity contribution is 7.11. The van der Waals surface area contributed by atoms with Crippen molar-refractivity contribution >= 4 is 11.3 Å². The van der Waals surface area contributed by atoms with Crippen molar-refractivity contribution in [3.05, 3.63) is 16.1 Å². The van der Waals surface area contributed by atoms with Crippen LogP contribution >= 0.6 is 11.3 Å². The van der Waals surface area contributed by atoms with E-state index in [1.807, 2.05) is 6.20 Å². The molecule has 0 saturated heterocycles. The molecule has 1 aromatic heterocycles. The van der Waals surface area contributed by atoms with Crippen LogP contribution in [0.1, 0.15) is 50.4 Å². The molecule has 0 spiro atoms. The largest absolute Gasteiger partial charge is 0.371 e. The van der Waals surface area contributed by atoms with Gasteiger partial charge in [0.25, 0.3) is 0 Å². The Bertz CT molecular complexity index is 324. The first kappa shape index (κ1) is 14.6. The maximum Gasteiger partial charge on any atom is 0.125 e. The first-order chi connectivity index (χ1) is 8.07. The number of rotatable bonds is 7. The highest BCUT2D eigenvalue weighted by Gasteiger charge is 2.31. The monoisotopic (exact) mass is 256 g/mol. The van der Waals surface area contributed by atoms with E-state index in [9.17, 15) is 0 Å². The molecule has 0 amide bonds. The smallest absolute Gasteiger partial charge is 0.125 e. The Kier molecular flexibility index (Phi) is 5.56. The van der Waals surface area contributed by atoms with Crippen molar-refractivity contribution in [2.75, 3.05) is 7.11 Å². The third kappa shape index (κ3) is 3.50. The molecule has 1 heterocycles. The Morgan fingerprint density at radius 2 is 2.06 bits per heavy atom. The maximum atomic E-state index is 5.69. The summed E-state index contributed by atoms with van der Waals surface area (Å²) < 4.78 is 5.69. The molecular formula is C13H24N2OS. The Balaban J connectivity index is 2.78. The van der Waals surface area contributed by atoms with Crippen LogP contribution < -0.4 is 5.32 Å². The molecule has 0 aromatic carbocycles. The fourth-order valence-corrected chi connectivity index (χ4v) is 3.01. The van der Waals surface area contributed by atoms with Crippen LogP contribution in [0, 0.1) is 0 Å². The van der Waals surface area contributed by atoms with Gasteiger partial charge in [0.05, 0.1) is 0 Å². The lowest BCUT2D eigenvalue weighted by Gasteiger charge is -2.27. The number of thiazole rings is 1. The van der Waals surface area contributed by atoms with Crippen molar-refractivity contribution in [2.24, 2.45) is 0 Å². The predicted molar refractivity (Wildman–Crippen MR) is 73.4 cm³/mol. The average molecular weight is 256 g/mol. The molecule has 98 valence electrons. The lowest BCUT2D eigenvalue weighted by atomic mass is 9.98. The minimum absolute atomic E-state index is 0.194. The van der Waals surface area contributed by atoms with Gasteiger partial charge < -0.3 is 10.1 Å². The summed E-state index contributed by atoms with van der Waals surface area (Å²) in [5.41, 5.74) is -0.194. The summed E-state index contributed by atoms with van der Waals surface area (Å²) in [6, 6.07) is 0.505. The van der Waals surface area contributed by atoms with Gasteiger partial charge in [-0.15, -0.1) is 11.3 Å². The third-order valence-electron chi connectivity index (χ3n) is 3.16. The Labute approximate surface area is 109 Å². The molecular weight excluding hydrogens is 232 g/mol. The summed E-state index contributed by atoms with van der Waals surface area (Å²) >= 11 is 1.76. The number of ether oxygens (including phenoxy) is 1. The fraction of sp³-hybridized carbons (Fsp3) is 0.769. The molecule has 0 aliphatic carbocycles. The molecule has 1 aromatic rings. The van der Waals surface area contributed by atoms with Gasteiger partial charge in [0.1, 0.15) is 10.6 Å². The van der Waals surface area contributed by atoms with Crippen molar-refractivity contribution < 1.29 is 4.74 Å². The summed E-state index contributed by atoms with van der Waals surface area (Å²) in [4.78, 5) is 5.81. The molecule has 0 unspecified atom stereocenters. The highest BCUT2D eigenvalue weighted by atomic mass is 32.1. The summed E-state index contributed by atoms with van der Waals surface area (Å²) in [7, 11) is 1.78. The second-order valence-electron chi connectivity index (χ2n) is 4.57. The average Bonchev–Trinajstić information content (AvgIpc) is 2.79. The van der Waals surface area contributed by atoms with E-state index in [1.165, 1.54) is 4.88 Å².